The van der Waals surface area contributed by atoms with Gasteiger partial charge in [-0.05, 0) is 86.0 Å². The second-order valence-electron chi connectivity index (χ2n) is 12.6. The largest absolute Gasteiger partial charge is 0.456 e. The van der Waals surface area contributed by atoms with Gasteiger partial charge in [0.2, 0.25) is 0 Å². The molecule has 0 atom stereocenters. The van der Waals surface area contributed by atoms with E-state index in [1.807, 2.05) is 48.5 Å². The molecule has 0 saturated carbocycles. The number of para-hydroxylation sites is 1. The van der Waals surface area contributed by atoms with Crippen molar-refractivity contribution in [3.8, 4) is 22.3 Å². The number of aliphatic hydroxyl groups is 1. The molecule has 7 aromatic carbocycles. The number of hydrogen-bond acceptors (Lipinski definition) is 2. The zero-order valence-electron chi connectivity index (χ0n) is 25.2. The van der Waals surface area contributed by atoms with Crippen molar-refractivity contribution < 1.29 is 9.52 Å². The molecular formula is C44H27ClO2. The molecule has 0 fully saturated rings. The van der Waals surface area contributed by atoms with Crippen LogP contribution >= 0.6 is 11.6 Å². The molecule has 0 bridgehead atoms. The molecule has 1 aromatic heterocycles. The summed E-state index contributed by atoms with van der Waals surface area (Å²) >= 11 is 6.81. The minimum absolute atomic E-state index is 0.564. The monoisotopic (exact) mass is 622 g/mol. The Kier molecular flexibility index (Phi) is 5.44. The molecule has 10 rings (SSSR count). The number of furan rings is 1. The first-order valence-electron chi connectivity index (χ1n) is 15.9. The van der Waals surface area contributed by atoms with Crippen LogP contribution in [0.5, 0.6) is 0 Å². The number of hydrogen-bond donors (Lipinski definition) is 1. The van der Waals surface area contributed by atoms with E-state index in [4.69, 9.17) is 16.0 Å². The van der Waals surface area contributed by atoms with E-state index >= 15 is 0 Å². The Morgan fingerprint density at radius 2 is 0.957 bits per heavy atom. The Labute approximate surface area is 277 Å². The number of fused-ring (bicyclic) bond motifs is 12. The van der Waals surface area contributed by atoms with Crippen LogP contribution in [0.4, 0.5) is 0 Å². The highest BCUT2D eigenvalue weighted by Gasteiger charge is 2.56. The lowest BCUT2D eigenvalue weighted by molar-refractivity contribution is 0.119. The van der Waals surface area contributed by atoms with Gasteiger partial charge in [0.15, 0.2) is 0 Å². The second-order valence-corrected chi connectivity index (χ2v) is 13.1. The molecule has 222 valence electrons. The second kappa shape index (κ2) is 9.56. The zero-order chi connectivity index (χ0) is 31.3. The van der Waals surface area contributed by atoms with Crippen molar-refractivity contribution in [3.63, 3.8) is 0 Å². The lowest BCUT2D eigenvalue weighted by Gasteiger charge is -2.47. The van der Waals surface area contributed by atoms with Crippen molar-refractivity contribution in [2.24, 2.45) is 0 Å². The Bertz CT molecular complexity index is 2480. The van der Waals surface area contributed by atoms with Crippen LogP contribution in [0.2, 0.25) is 5.02 Å². The first-order chi connectivity index (χ1) is 23.1. The van der Waals surface area contributed by atoms with Crippen molar-refractivity contribution in [1.82, 2.24) is 0 Å². The van der Waals surface area contributed by atoms with Gasteiger partial charge in [0, 0.05) is 21.4 Å². The van der Waals surface area contributed by atoms with E-state index in [1.165, 1.54) is 22.3 Å². The Morgan fingerprint density at radius 3 is 1.62 bits per heavy atom. The molecule has 0 unspecified atom stereocenters. The summed E-state index contributed by atoms with van der Waals surface area (Å²) in [4.78, 5) is 0. The molecule has 1 heterocycles. The molecule has 2 aliphatic carbocycles. The molecule has 8 aromatic rings. The highest BCUT2D eigenvalue weighted by atomic mass is 35.5. The van der Waals surface area contributed by atoms with Crippen LogP contribution in [-0.4, -0.2) is 5.11 Å². The third kappa shape index (κ3) is 3.39. The predicted octanol–water partition coefficient (Wildman–Crippen LogP) is 10.9. The predicted molar refractivity (Wildman–Crippen MR) is 190 cm³/mol. The smallest absolute Gasteiger partial charge is 0.141 e. The van der Waals surface area contributed by atoms with Gasteiger partial charge in [-0.1, -0.05) is 139 Å². The summed E-state index contributed by atoms with van der Waals surface area (Å²) in [7, 11) is 0. The molecule has 0 aliphatic heterocycles. The highest BCUT2D eigenvalue weighted by Crippen LogP contribution is 2.63. The van der Waals surface area contributed by atoms with Gasteiger partial charge in [-0.2, -0.15) is 0 Å². The van der Waals surface area contributed by atoms with Gasteiger partial charge in [-0.15, -0.1) is 0 Å². The van der Waals surface area contributed by atoms with Gasteiger partial charge in [0.05, 0.1) is 5.41 Å². The summed E-state index contributed by atoms with van der Waals surface area (Å²) in [6.07, 6.45) is 0. The fourth-order valence-electron chi connectivity index (χ4n) is 8.61. The molecule has 1 N–H and O–H groups in total. The summed E-state index contributed by atoms with van der Waals surface area (Å²) in [5.41, 5.74) is 10.9. The maximum absolute atomic E-state index is 13.6. The van der Waals surface area contributed by atoms with Crippen molar-refractivity contribution in [3.05, 3.63) is 202 Å². The first kappa shape index (κ1) is 26.8. The molecule has 3 heteroatoms. The van der Waals surface area contributed by atoms with Crippen molar-refractivity contribution in [1.29, 1.82) is 0 Å². The molecule has 1 spiro atoms. The average molecular weight is 623 g/mol. The van der Waals surface area contributed by atoms with Gasteiger partial charge in [0.1, 0.15) is 16.8 Å². The molecule has 0 amide bonds. The normalized spacial score (nSPS) is 14.9. The van der Waals surface area contributed by atoms with Gasteiger partial charge < -0.3 is 9.52 Å². The minimum atomic E-state index is -1.51. The maximum Gasteiger partial charge on any atom is 0.141 e. The van der Waals surface area contributed by atoms with Crippen LogP contribution < -0.4 is 0 Å². The highest BCUT2D eigenvalue weighted by molar-refractivity contribution is 6.30. The first-order valence-corrected chi connectivity index (χ1v) is 16.3. The summed E-state index contributed by atoms with van der Waals surface area (Å²) in [6, 6.07) is 54.5. The van der Waals surface area contributed by atoms with Gasteiger partial charge in [0.25, 0.3) is 0 Å². The van der Waals surface area contributed by atoms with Gasteiger partial charge in [-0.3, -0.25) is 0 Å². The summed E-state index contributed by atoms with van der Waals surface area (Å²) in [6.45, 7) is 0. The van der Waals surface area contributed by atoms with Crippen LogP contribution in [-0.2, 0) is 11.0 Å². The molecule has 0 radical (unpaired) electrons. The third-order valence-corrected chi connectivity index (χ3v) is 10.7. The van der Waals surface area contributed by atoms with E-state index in [0.29, 0.717) is 5.02 Å². The SMILES string of the molecule is OC1(c2cc(Cl)ccc2-c2ccc3c(c2)oc2ccccc23)c2ccccc2C2(c3ccccc3-c3ccccc32)c2ccccc21. The van der Waals surface area contributed by atoms with E-state index < -0.39 is 11.0 Å². The standard InChI is InChI=1S/C44H27ClO2/c45-28-22-24-29(27-21-23-33-32-13-3-10-20-41(32)47-42(33)25-27)40(26-28)44(46)38-18-8-6-16-36(38)43(37-17-7-9-19-39(37)44)34-14-4-1-11-30(34)31-12-2-5-15-35(31)43/h1-26,46H. The van der Waals surface area contributed by atoms with Crippen LogP contribution in [0, 0.1) is 0 Å². The summed E-state index contributed by atoms with van der Waals surface area (Å²) < 4.78 is 6.30. The maximum atomic E-state index is 13.6. The lowest BCUT2D eigenvalue weighted by Crippen LogP contribution is -2.44. The fraction of sp³-hybridized carbons (Fsp3) is 0.0455. The van der Waals surface area contributed by atoms with Crippen LogP contribution in [0.1, 0.15) is 38.9 Å². The van der Waals surface area contributed by atoms with E-state index in [-0.39, 0.29) is 0 Å². The van der Waals surface area contributed by atoms with Crippen molar-refractivity contribution >= 4 is 33.5 Å². The zero-order valence-corrected chi connectivity index (χ0v) is 26.0. The number of halogens is 1. The molecular weight excluding hydrogens is 596 g/mol. The van der Waals surface area contributed by atoms with Crippen LogP contribution in [0.3, 0.4) is 0 Å². The van der Waals surface area contributed by atoms with E-state index in [1.54, 1.807) is 0 Å². The molecule has 47 heavy (non-hydrogen) atoms. The van der Waals surface area contributed by atoms with E-state index in [2.05, 4.69) is 109 Å². The Morgan fingerprint density at radius 1 is 0.426 bits per heavy atom. The van der Waals surface area contributed by atoms with Crippen molar-refractivity contribution in [2.75, 3.05) is 0 Å². The minimum Gasteiger partial charge on any atom is -0.456 e. The molecule has 2 nitrogen and oxygen atoms in total. The molecule has 2 aliphatic rings. The lowest BCUT2D eigenvalue weighted by atomic mass is 9.56. The average Bonchev–Trinajstić information content (AvgIpc) is 3.64. The quantitative estimate of drug-likeness (QED) is 0.208. The van der Waals surface area contributed by atoms with Gasteiger partial charge >= 0.3 is 0 Å². The van der Waals surface area contributed by atoms with Crippen molar-refractivity contribution in [2.45, 2.75) is 11.0 Å². The summed E-state index contributed by atoms with van der Waals surface area (Å²) in [5.74, 6) is 0. The Balaban J connectivity index is 1.29. The number of benzene rings is 7. The Hall–Kier alpha value is -5.41. The third-order valence-electron chi connectivity index (χ3n) is 10.5. The van der Waals surface area contributed by atoms with E-state index in [9.17, 15) is 5.11 Å². The van der Waals surface area contributed by atoms with E-state index in [0.717, 1.165) is 60.9 Å². The van der Waals surface area contributed by atoms with Crippen LogP contribution in [0.25, 0.3) is 44.2 Å². The fourth-order valence-corrected chi connectivity index (χ4v) is 8.78. The summed E-state index contributed by atoms with van der Waals surface area (Å²) in [5, 5.41) is 16.3. The topological polar surface area (TPSA) is 33.4 Å². The molecule has 0 saturated heterocycles. The van der Waals surface area contributed by atoms with Crippen LogP contribution in [0.15, 0.2) is 162 Å². The number of rotatable bonds is 2. The van der Waals surface area contributed by atoms with Gasteiger partial charge in [-0.25, -0.2) is 0 Å².